The van der Waals surface area contributed by atoms with E-state index in [2.05, 4.69) is 68.4 Å². The highest BCUT2D eigenvalue weighted by molar-refractivity contribution is 5.92. The number of ether oxygens (including phenoxy) is 1. The van der Waals surface area contributed by atoms with Crippen LogP contribution in [0.5, 0.6) is 0 Å². The zero-order valence-electron chi connectivity index (χ0n) is 23.3. The van der Waals surface area contributed by atoms with Crippen molar-refractivity contribution < 1.29 is 9.15 Å². The Kier molecular flexibility index (Phi) is 6.93. The van der Waals surface area contributed by atoms with Gasteiger partial charge in [0.25, 0.3) is 0 Å². The molecule has 5 heterocycles. The van der Waals surface area contributed by atoms with E-state index in [-0.39, 0.29) is 0 Å². The molecular weight excluding hydrogens is 512 g/mol. The molecule has 8 nitrogen and oxygen atoms in total. The van der Waals surface area contributed by atoms with Crippen LogP contribution in [0.15, 0.2) is 65.5 Å². The van der Waals surface area contributed by atoms with Crippen LogP contribution in [-0.2, 0) is 11.3 Å². The summed E-state index contributed by atoms with van der Waals surface area (Å²) in [6.45, 7) is 9.11. The molecular formula is C33H34N6O2. The van der Waals surface area contributed by atoms with Crippen molar-refractivity contribution in [3.63, 3.8) is 0 Å². The van der Waals surface area contributed by atoms with Gasteiger partial charge in [-0.3, -0.25) is 14.8 Å². The van der Waals surface area contributed by atoms with E-state index in [0.717, 1.165) is 84.6 Å². The first-order valence-corrected chi connectivity index (χ1v) is 14.4. The molecule has 0 spiro atoms. The van der Waals surface area contributed by atoms with Crippen molar-refractivity contribution in [1.82, 2.24) is 19.8 Å². The van der Waals surface area contributed by atoms with Gasteiger partial charge in [-0.15, -0.1) is 0 Å². The average molecular weight is 547 g/mol. The summed E-state index contributed by atoms with van der Waals surface area (Å²) in [5, 5.41) is 15.6. The Balaban J connectivity index is 1.12. The van der Waals surface area contributed by atoms with Gasteiger partial charge < -0.3 is 19.5 Å². The third-order valence-electron chi connectivity index (χ3n) is 8.70. The van der Waals surface area contributed by atoms with Gasteiger partial charge in [-0.2, -0.15) is 5.26 Å². The highest BCUT2D eigenvalue weighted by Gasteiger charge is 2.26. The fourth-order valence-corrected chi connectivity index (χ4v) is 6.39. The number of nitriles is 1. The van der Waals surface area contributed by atoms with Gasteiger partial charge in [-0.1, -0.05) is 6.07 Å². The number of rotatable bonds is 6. The first-order chi connectivity index (χ1) is 20.2. The highest BCUT2D eigenvalue weighted by atomic mass is 16.5. The molecule has 3 aromatic heterocycles. The Labute approximate surface area is 239 Å². The fraction of sp³-hybridized carbons (Fsp3) is 0.333. The molecule has 0 unspecified atom stereocenters. The summed E-state index contributed by atoms with van der Waals surface area (Å²) in [6.07, 6.45) is 7.74. The summed E-state index contributed by atoms with van der Waals surface area (Å²) in [7, 11) is 0. The number of nitrogens with one attached hydrogen (secondary N) is 2. The minimum atomic E-state index is 0.470. The highest BCUT2D eigenvalue weighted by Crippen LogP contribution is 2.37. The summed E-state index contributed by atoms with van der Waals surface area (Å²) in [5.74, 6) is 0.691. The van der Waals surface area contributed by atoms with Gasteiger partial charge in [-0.25, -0.2) is 0 Å². The maximum atomic E-state index is 9.92. The molecule has 5 aromatic rings. The number of likely N-dealkylation sites (tertiary alicyclic amines) is 1. The van der Waals surface area contributed by atoms with Crippen LogP contribution in [-0.4, -0.2) is 65.2 Å². The van der Waals surface area contributed by atoms with Crippen molar-refractivity contribution in [1.29, 1.82) is 5.26 Å². The largest absolute Gasteiger partial charge is 0.456 e. The Bertz CT molecular complexity index is 1730. The Morgan fingerprint density at radius 2 is 1.90 bits per heavy atom. The number of aromatic amines is 1. The lowest BCUT2D eigenvalue weighted by Gasteiger charge is -2.40. The van der Waals surface area contributed by atoms with Crippen LogP contribution >= 0.6 is 0 Å². The van der Waals surface area contributed by atoms with Gasteiger partial charge in [-0.05, 0) is 80.4 Å². The second-order valence-corrected chi connectivity index (χ2v) is 11.2. The van der Waals surface area contributed by atoms with E-state index in [4.69, 9.17) is 9.15 Å². The molecule has 2 aliphatic rings. The van der Waals surface area contributed by atoms with E-state index in [0.29, 0.717) is 23.1 Å². The third-order valence-corrected chi connectivity index (χ3v) is 8.70. The number of anilines is 2. The molecule has 2 aliphatic heterocycles. The molecule has 2 fully saturated rings. The number of H-pyrrole nitrogens is 1. The van der Waals surface area contributed by atoms with Crippen LogP contribution < -0.4 is 5.32 Å². The van der Waals surface area contributed by atoms with Gasteiger partial charge in [0.2, 0.25) is 0 Å². The number of piperidine rings is 1. The summed E-state index contributed by atoms with van der Waals surface area (Å²) in [4.78, 5) is 12.8. The topological polar surface area (TPSA) is 93.3 Å². The summed E-state index contributed by atoms with van der Waals surface area (Å²) in [6, 6.07) is 17.7. The normalized spacial score (nSPS) is 17.3. The fourth-order valence-electron chi connectivity index (χ4n) is 6.39. The number of benzene rings is 2. The Morgan fingerprint density at radius 3 is 2.73 bits per heavy atom. The van der Waals surface area contributed by atoms with Crippen LogP contribution in [0.25, 0.3) is 33.2 Å². The minimum absolute atomic E-state index is 0.470. The smallest absolute Gasteiger partial charge is 0.139 e. The van der Waals surface area contributed by atoms with E-state index in [1.54, 1.807) is 12.4 Å². The molecule has 0 saturated carbocycles. The first-order valence-electron chi connectivity index (χ1n) is 14.4. The van der Waals surface area contributed by atoms with Crippen molar-refractivity contribution in [3.8, 4) is 17.4 Å². The van der Waals surface area contributed by atoms with Gasteiger partial charge in [0.1, 0.15) is 17.4 Å². The van der Waals surface area contributed by atoms with Crippen LogP contribution in [0.2, 0.25) is 0 Å². The van der Waals surface area contributed by atoms with Crippen molar-refractivity contribution >= 4 is 33.2 Å². The van der Waals surface area contributed by atoms with Crippen LogP contribution in [0.3, 0.4) is 0 Å². The Morgan fingerprint density at radius 1 is 1.05 bits per heavy atom. The van der Waals surface area contributed by atoms with Gasteiger partial charge in [0, 0.05) is 66.2 Å². The van der Waals surface area contributed by atoms with E-state index in [9.17, 15) is 5.26 Å². The maximum Gasteiger partial charge on any atom is 0.139 e. The SMILES string of the molecule is Cc1c(Nc2c(C#N)cncc2-c2cc3cc(CN4CCC(N5CCOCC5)CC4)ccc3o2)ccc2[nH]ccc12. The van der Waals surface area contributed by atoms with E-state index < -0.39 is 0 Å². The molecule has 8 heteroatoms. The lowest BCUT2D eigenvalue weighted by molar-refractivity contribution is 0.000233. The van der Waals surface area contributed by atoms with Gasteiger partial charge >= 0.3 is 0 Å². The number of furan rings is 1. The molecule has 2 aromatic carbocycles. The second-order valence-electron chi connectivity index (χ2n) is 11.2. The lowest BCUT2D eigenvalue weighted by atomic mass is 10.0. The van der Waals surface area contributed by atoms with Crippen molar-refractivity contribution in [2.75, 3.05) is 44.7 Å². The molecule has 2 saturated heterocycles. The third kappa shape index (κ3) is 5.08. The second kappa shape index (κ2) is 11.0. The standard InChI is InChI=1S/C33H34N6O2/c1-22-27-6-9-36-30(27)4-3-29(22)37-33-25(18-34)19-35-20-28(33)32-17-24-16-23(2-5-31(24)41-32)21-38-10-7-26(8-11-38)39-12-14-40-15-13-39/h2-6,9,16-17,19-20,26,36H,7-8,10-15,21H2,1H3,(H,35,37). The number of aromatic nitrogens is 2. The monoisotopic (exact) mass is 546 g/mol. The predicted molar refractivity (Wildman–Crippen MR) is 161 cm³/mol. The molecule has 41 heavy (non-hydrogen) atoms. The minimum Gasteiger partial charge on any atom is -0.456 e. The molecule has 0 radical (unpaired) electrons. The first kappa shape index (κ1) is 25.8. The number of hydrogen-bond donors (Lipinski definition) is 2. The van der Waals surface area contributed by atoms with E-state index in [1.807, 2.05) is 18.3 Å². The summed E-state index contributed by atoms with van der Waals surface area (Å²) < 4.78 is 11.9. The summed E-state index contributed by atoms with van der Waals surface area (Å²) >= 11 is 0. The van der Waals surface area contributed by atoms with Crippen LogP contribution in [0.4, 0.5) is 11.4 Å². The van der Waals surface area contributed by atoms with Crippen LogP contribution in [0.1, 0.15) is 29.5 Å². The molecule has 7 rings (SSSR count). The number of nitrogens with zero attached hydrogens (tertiary/aromatic N) is 4. The van der Waals surface area contributed by atoms with Crippen molar-refractivity contribution in [3.05, 3.63) is 77.7 Å². The molecule has 0 amide bonds. The van der Waals surface area contributed by atoms with E-state index in [1.165, 1.54) is 18.4 Å². The lowest BCUT2D eigenvalue weighted by Crippen LogP contribution is -2.48. The van der Waals surface area contributed by atoms with E-state index >= 15 is 0 Å². The van der Waals surface area contributed by atoms with Gasteiger partial charge in [0.05, 0.1) is 30.0 Å². The maximum absolute atomic E-state index is 9.92. The number of pyridine rings is 1. The molecule has 208 valence electrons. The number of aryl methyl sites for hydroxylation is 1. The summed E-state index contributed by atoms with van der Waals surface area (Å²) in [5.41, 5.74) is 7.18. The number of hydrogen-bond acceptors (Lipinski definition) is 7. The van der Waals surface area contributed by atoms with Crippen LogP contribution in [0, 0.1) is 18.3 Å². The predicted octanol–water partition coefficient (Wildman–Crippen LogP) is 6.20. The molecule has 2 N–H and O–H groups in total. The van der Waals surface area contributed by atoms with Crippen molar-refractivity contribution in [2.24, 2.45) is 0 Å². The molecule has 0 aliphatic carbocycles. The molecule has 0 bridgehead atoms. The number of fused-ring (bicyclic) bond motifs is 2. The zero-order valence-corrected chi connectivity index (χ0v) is 23.3. The quantitative estimate of drug-likeness (QED) is 0.262. The van der Waals surface area contributed by atoms with Crippen molar-refractivity contribution in [2.45, 2.75) is 32.4 Å². The average Bonchev–Trinajstić information content (AvgIpc) is 3.67. The van der Waals surface area contributed by atoms with Gasteiger partial charge in [0.15, 0.2) is 0 Å². The zero-order chi connectivity index (χ0) is 27.8. The molecule has 0 atom stereocenters. The number of morpholine rings is 1. The Hall–Kier alpha value is -4.16.